The molecule has 1 heteroatoms. The molecule has 66 valence electrons. The van der Waals surface area contributed by atoms with E-state index in [0.717, 1.165) is 6.42 Å². The molecule has 1 aliphatic carbocycles. The molecular weight excluding hydrogens is 146 g/mol. The summed E-state index contributed by atoms with van der Waals surface area (Å²) < 4.78 is 0. The zero-order valence-corrected chi connectivity index (χ0v) is 8.01. The van der Waals surface area contributed by atoms with E-state index in [-0.39, 0.29) is 5.92 Å². The molecule has 0 N–H and O–H groups in total. The molecule has 0 aromatic carbocycles. The van der Waals surface area contributed by atoms with E-state index < -0.39 is 0 Å². The molecule has 1 rings (SSSR count). The third kappa shape index (κ3) is 2.37. The molecule has 0 fully saturated rings. The van der Waals surface area contributed by atoms with Crippen LogP contribution in [-0.4, -0.2) is 0 Å². The Hall–Kier alpha value is -0.770. The number of allylic oxidation sites excluding steroid dienone is 2. The first-order valence-corrected chi connectivity index (χ1v) is 4.80. The average Bonchev–Trinajstić information content (AvgIpc) is 2.09. The summed E-state index contributed by atoms with van der Waals surface area (Å²) in [6, 6.07) is 2.31. The van der Waals surface area contributed by atoms with Crippen LogP contribution in [0.1, 0.15) is 39.5 Å². The summed E-state index contributed by atoms with van der Waals surface area (Å²) in [5.74, 6) is 0.907. The van der Waals surface area contributed by atoms with Gasteiger partial charge in [-0.2, -0.15) is 5.26 Å². The van der Waals surface area contributed by atoms with Crippen LogP contribution in [0.2, 0.25) is 0 Å². The highest BCUT2D eigenvalue weighted by Gasteiger charge is 2.16. The van der Waals surface area contributed by atoms with E-state index in [9.17, 15) is 0 Å². The van der Waals surface area contributed by atoms with Gasteiger partial charge in [-0.15, -0.1) is 0 Å². The number of hydrogen-bond donors (Lipinski definition) is 0. The van der Waals surface area contributed by atoms with Crippen LogP contribution in [0.5, 0.6) is 0 Å². The molecule has 1 aliphatic rings. The van der Waals surface area contributed by atoms with Crippen LogP contribution in [0.25, 0.3) is 0 Å². The van der Waals surface area contributed by atoms with Gasteiger partial charge < -0.3 is 0 Å². The van der Waals surface area contributed by atoms with E-state index in [1.165, 1.54) is 24.8 Å². The maximum Gasteiger partial charge on any atom is 0.0653 e. The summed E-state index contributed by atoms with van der Waals surface area (Å²) in [6.07, 6.45) is 7.22. The zero-order chi connectivity index (χ0) is 8.97. The molecule has 0 aromatic rings. The topological polar surface area (TPSA) is 23.8 Å². The van der Waals surface area contributed by atoms with Gasteiger partial charge in [0.15, 0.2) is 0 Å². The maximum atomic E-state index is 8.68. The van der Waals surface area contributed by atoms with E-state index in [1.54, 1.807) is 0 Å². The van der Waals surface area contributed by atoms with Crippen molar-refractivity contribution in [3.63, 3.8) is 0 Å². The first kappa shape index (κ1) is 9.32. The van der Waals surface area contributed by atoms with Gasteiger partial charge in [0.1, 0.15) is 0 Å². The van der Waals surface area contributed by atoms with E-state index in [1.807, 2.05) is 6.92 Å². The largest absolute Gasteiger partial charge is 0.198 e. The lowest BCUT2D eigenvalue weighted by Gasteiger charge is -2.22. The minimum absolute atomic E-state index is 0.219. The molecule has 2 atom stereocenters. The van der Waals surface area contributed by atoms with Crippen LogP contribution < -0.4 is 0 Å². The Bertz CT molecular complexity index is 210. The van der Waals surface area contributed by atoms with Gasteiger partial charge in [0, 0.05) is 5.92 Å². The Morgan fingerprint density at radius 1 is 1.75 bits per heavy atom. The van der Waals surface area contributed by atoms with E-state index >= 15 is 0 Å². The SMILES string of the molecule is CC1=CCCCC1CC(C)C#N. The smallest absolute Gasteiger partial charge is 0.0653 e. The Morgan fingerprint density at radius 2 is 2.50 bits per heavy atom. The first-order chi connectivity index (χ1) is 5.74. The van der Waals surface area contributed by atoms with Crippen molar-refractivity contribution in [2.24, 2.45) is 11.8 Å². The zero-order valence-electron chi connectivity index (χ0n) is 8.01. The van der Waals surface area contributed by atoms with Crippen LogP contribution >= 0.6 is 0 Å². The normalized spacial score (nSPS) is 25.8. The van der Waals surface area contributed by atoms with Crippen molar-refractivity contribution in [3.8, 4) is 6.07 Å². The van der Waals surface area contributed by atoms with Crippen LogP contribution in [0.4, 0.5) is 0 Å². The molecule has 0 spiro atoms. The summed E-state index contributed by atoms with van der Waals surface area (Å²) in [7, 11) is 0. The molecule has 0 amide bonds. The van der Waals surface area contributed by atoms with Crippen molar-refractivity contribution in [3.05, 3.63) is 11.6 Å². The standard InChI is InChI=1S/C11H17N/c1-9(8-12)7-11-6-4-3-5-10(11)2/h5,9,11H,3-4,6-7H2,1-2H3. The van der Waals surface area contributed by atoms with Crippen molar-refractivity contribution in [1.82, 2.24) is 0 Å². The Kier molecular flexibility index (Phi) is 3.34. The fraction of sp³-hybridized carbons (Fsp3) is 0.727. The van der Waals surface area contributed by atoms with E-state index in [4.69, 9.17) is 5.26 Å². The van der Waals surface area contributed by atoms with Gasteiger partial charge in [-0.05, 0) is 45.4 Å². The lowest BCUT2D eigenvalue weighted by atomic mass is 9.83. The molecule has 0 aromatic heterocycles. The predicted octanol–water partition coefficient (Wildman–Crippen LogP) is 3.28. The average molecular weight is 163 g/mol. The van der Waals surface area contributed by atoms with Crippen molar-refractivity contribution in [2.45, 2.75) is 39.5 Å². The van der Waals surface area contributed by atoms with Gasteiger partial charge in [-0.25, -0.2) is 0 Å². The van der Waals surface area contributed by atoms with Gasteiger partial charge in [0.25, 0.3) is 0 Å². The fourth-order valence-corrected chi connectivity index (χ4v) is 1.87. The summed E-state index contributed by atoms with van der Waals surface area (Å²) in [5.41, 5.74) is 1.50. The third-order valence-corrected chi connectivity index (χ3v) is 2.73. The van der Waals surface area contributed by atoms with Crippen LogP contribution in [0.15, 0.2) is 11.6 Å². The Morgan fingerprint density at radius 3 is 3.08 bits per heavy atom. The Labute approximate surface area is 75.1 Å². The van der Waals surface area contributed by atoms with Gasteiger partial charge in [-0.3, -0.25) is 0 Å². The molecule has 0 saturated heterocycles. The molecule has 0 bridgehead atoms. The van der Waals surface area contributed by atoms with Gasteiger partial charge in [0.05, 0.1) is 6.07 Å². The quantitative estimate of drug-likeness (QED) is 0.573. The van der Waals surface area contributed by atoms with E-state index in [0.29, 0.717) is 5.92 Å². The highest BCUT2D eigenvalue weighted by Crippen LogP contribution is 2.29. The maximum absolute atomic E-state index is 8.68. The number of hydrogen-bond acceptors (Lipinski definition) is 1. The van der Waals surface area contributed by atoms with Crippen molar-refractivity contribution in [2.75, 3.05) is 0 Å². The molecule has 2 unspecified atom stereocenters. The number of nitrogens with zero attached hydrogens (tertiary/aromatic N) is 1. The third-order valence-electron chi connectivity index (χ3n) is 2.73. The van der Waals surface area contributed by atoms with Crippen molar-refractivity contribution < 1.29 is 0 Å². The second-order valence-electron chi connectivity index (χ2n) is 3.84. The number of nitriles is 1. The lowest BCUT2D eigenvalue weighted by molar-refractivity contribution is 0.436. The fourth-order valence-electron chi connectivity index (χ4n) is 1.87. The molecule has 12 heavy (non-hydrogen) atoms. The van der Waals surface area contributed by atoms with Gasteiger partial charge in [-0.1, -0.05) is 11.6 Å². The molecular formula is C11H17N. The second-order valence-corrected chi connectivity index (χ2v) is 3.84. The monoisotopic (exact) mass is 163 g/mol. The van der Waals surface area contributed by atoms with Crippen molar-refractivity contribution in [1.29, 1.82) is 5.26 Å². The number of rotatable bonds is 2. The molecule has 0 saturated carbocycles. The van der Waals surface area contributed by atoms with Crippen LogP contribution in [0.3, 0.4) is 0 Å². The van der Waals surface area contributed by atoms with Crippen molar-refractivity contribution >= 4 is 0 Å². The van der Waals surface area contributed by atoms with Crippen LogP contribution in [-0.2, 0) is 0 Å². The van der Waals surface area contributed by atoms with Gasteiger partial charge in [0.2, 0.25) is 0 Å². The molecule has 0 aliphatic heterocycles. The Balaban J connectivity index is 2.47. The highest BCUT2D eigenvalue weighted by atomic mass is 14.3. The second kappa shape index (κ2) is 4.30. The van der Waals surface area contributed by atoms with E-state index in [2.05, 4.69) is 19.1 Å². The van der Waals surface area contributed by atoms with Crippen LogP contribution in [0, 0.1) is 23.2 Å². The molecule has 1 nitrogen and oxygen atoms in total. The lowest BCUT2D eigenvalue weighted by Crippen LogP contribution is -2.09. The minimum Gasteiger partial charge on any atom is -0.198 e. The summed E-state index contributed by atoms with van der Waals surface area (Å²) >= 11 is 0. The summed E-state index contributed by atoms with van der Waals surface area (Å²) in [6.45, 7) is 4.22. The predicted molar refractivity (Wildman–Crippen MR) is 50.5 cm³/mol. The molecule has 0 heterocycles. The highest BCUT2D eigenvalue weighted by molar-refractivity contribution is 5.07. The first-order valence-electron chi connectivity index (χ1n) is 4.80. The summed E-state index contributed by atoms with van der Waals surface area (Å²) in [5, 5.41) is 8.68. The van der Waals surface area contributed by atoms with Gasteiger partial charge >= 0.3 is 0 Å². The minimum atomic E-state index is 0.219. The summed E-state index contributed by atoms with van der Waals surface area (Å²) in [4.78, 5) is 0. The molecule has 0 radical (unpaired) electrons.